The second-order valence-electron chi connectivity index (χ2n) is 8.16. The third kappa shape index (κ3) is 4.09. The van der Waals surface area contributed by atoms with Gasteiger partial charge >= 0.3 is 0 Å². The molecule has 1 aliphatic rings. The molecule has 2 unspecified atom stereocenters. The number of rotatable bonds is 4. The quantitative estimate of drug-likeness (QED) is 0.561. The summed E-state index contributed by atoms with van der Waals surface area (Å²) in [6.45, 7) is 14.1. The van der Waals surface area contributed by atoms with Crippen molar-refractivity contribution in [3.8, 4) is 0 Å². The Balaban J connectivity index is 1.87. The van der Waals surface area contributed by atoms with E-state index in [1.165, 1.54) is 18.2 Å². The molecular weight excluding hydrogens is 378 g/mol. The standard InChI is InChI=1S/C20H29N3O2S2/c1-11(2)23-19(25)17-14(5)15(6)27-18(17)21-20(23)26-10-16(24)22-8-12(3)7-13(4)9-22/h11-13H,7-10H2,1-6H3. The first kappa shape index (κ1) is 20.4. The summed E-state index contributed by atoms with van der Waals surface area (Å²) in [7, 11) is 0. The van der Waals surface area contributed by atoms with Crippen molar-refractivity contribution in [2.24, 2.45) is 11.8 Å². The summed E-state index contributed by atoms with van der Waals surface area (Å²) < 4.78 is 1.74. The average molecular weight is 408 g/mol. The summed E-state index contributed by atoms with van der Waals surface area (Å²) in [6, 6.07) is 0.00152. The number of hydrogen-bond donors (Lipinski definition) is 0. The molecule has 1 aliphatic heterocycles. The number of aryl methyl sites for hydroxylation is 2. The second-order valence-corrected chi connectivity index (χ2v) is 10.3. The van der Waals surface area contributed by atoms with Crippen molar-refractivity contribution < 1.29 is 4.79 Å². The molecule has 0 aliphatic carbocycles. The highest BCUT2D eigenvalue weighted by atomic mass is 32.2. The number of piperidine rings is 1. The number of likely N-dealkylation sites (tertiary alicyclic amines) is 1. The van der Waals surface area contributed by atoms with Crippen molar-refractivity contribution in [2.45, 2.75) is 59.2 Å². The van der Waals surface area contributed by atoms with Gasteiger partial charge < -0.3 is 4.90 Å². The number of carbonyl (C=O) groups is 1. The highest BCUT2D eigenvalue weighted by Crippen LogP contribution is 2.30. The summed E-state index contributed by atoms with van der Waals surface area (Å²) in [5.41, 5.74) is 1.03. The molecule has 2 aromatic heterocycles. The number of thioether (sulfide) groups is 1. The van der Waals surface area contributed by atoms with Crippen LogP contribution >= 0.6 is 23.1 Å². The maximum Gasteiger partial charge on any atom is 0.263 e. The van der Waals surface area contributed by atoms with Gasteiger partial charge in [-0.2, -0.15) is 0 Å². The summed E-state index contributed by atoms with van der Waals surface area (Å²) >= 11 is 2.95. The van der Waals surface area contributed by atoms with Crippen LogP contribution in [0.4, 0.5) is 0 Å². The van der Waals surface area contributed by atoms with Crippen LogP contribution in [0.1, 0.15) is 50.6 Å². The summed E-state index contributed by atoms with van der Waals surface area (Å²) in [5, 5.41) is 1.37. The van der Waals surface area contributed by atoms with E-state index in [1.54, 1.807) is 15.9 Å². The molecule has 1 amide bonds. The van der Waals surface area contributed by atoms with Gasteiger partial charge in [-0.05, 0) is 51.5 Å². The van der Waals surface area contributed by atoms with E-state index in [2.05, 4.69) is 13.8 Å². The number of amides is 1. The monoisotopic (exact) mass is 407 g/mol. The molecule has 0 aromatic carbocycles. The van der Waals surface area contributed by atoms with Gasteiger partial charge in [-0.25, -0.2) is 4.98 Å². The average Bonchev–Trinajstić information content (AvgIpc) is 2.85. The zero-order valence-electron chi connectivity index (χ0n) is 17.0. The van der Waals surface area contributed by atoms with Crippen molar-refractivity contribution in [2.75, 3.05) is 18.8 Å². The minimum Gasteiger partial charge on any atom is -0.341 e. The van der Waals surface area contributed by atoms with Gasteiger partial charge in [0.2, 0.25) is 5.91 Å². The zero-order valence-corrected chi connectivity index (χ0v) is 18.7. The zero-order chi connectivity index (χ0) is 19.9. The van der Waals surface area contributed by atoms with Crippen LogP contribution in [0.25, 0.3) is 10.2 Å². The third-order valence-corrected chi connectivity index (χ3v) is 7.30. The van der Waals surface area contributed by atoms with E-state index in [9.17, 15) is 9.59 Å². The Labute approximate surface area is 169 Å². The maximum atomic E-state index is 13.1. The van der Waals surface area contributed by atoms with Gasteiger partial charge in [-0.1, -0.05) is 25.6 Å². The van der Waals surface area contributed by atoms with Crippen molar-refractivity contribution in [1.82, 2.24) is 14.5 Å². The van der Waals surface area contributed by atoms with Gasteiger partial charge in [-0.15, -0.1) is 11.3 Å². The predicted molar refractivity (Wildman–Crippen MR) is 114 cm³/mol. The number of carbonyl (C=O) groups excluding carboxylic acids is 1. The molecule has 0 spiro atoms. The van der Waals surface area contributed by atoms with Gasteiger partial charge in [0, 0.05) is 24.0 Å². The van der Waals surface area contributed by atoms with Crippen LogP contribution in [-0.4, -0.2) is 39.2 Å². The highest BCUT2D eigenvalue weighted by molar-refractivity contribution is 7.99. The fourth-order valence-electron chi connectivity index (χ4n) is 3.93. The third-order valence-electron chi connectivity index (χ3n) is 5.27. The van der Waals surface area contributed by atoms with E-state index in [-0.39, 0.29) is 17.5 Å². The lowest BCUT2D eigenvalue weighted by atomic mass is 9.92. The number of hydrogen-bond acceptors (Lipinski definition) is 5. The maximum absolute atomic E-state index is 13.1. The van der Waals surface area contributed by atoms with Crippen LogP contribution in [-0.2, 0) is 4.79 Å². The van der Waals surface area contributed by atoms with E-state index < -0.39 is 0 Å². The van der Waals surface area contributed by atoms with Gasteiger partial charge in [0.05, 0.1) is 11.1 Å². The van der Waals surface area contributed by atoms with Crippen LogP contribution < -0.4 is 5.56 Å². The van der Waals surface area contributed by atoms with Gasteiger partial charge in [0.1, 0.15) is 4.83 Å². The Hall–Kier alpha value is -1.34. The molecule has 27 heavy (non-hydrogen) atoms. The van der Waals surface area contributed by atoms with Crippen LogP contribution in [0.3, 0.4) is 0 Å². The Bertz CT molecular complexity index is 906. The van der Waals surface area contributed by atoms with E-state index in [0.29, 0.717) is 22.7 Å². The minimum absolute atomic E-state index is 0.00152. The van der Waals surface area contributed by atoms with E-state index >= 15 is 0 Å². The largest absolute Gasteiger partial charge is 0.341 e. The van der Waals surface area contributed by atoms with Crippen molar-refractivity contribution in [3.05, 3.63) is 20.8 Å². The second kappa shape index (κ2) is 7.95. The van der Waals surface area contributed by atoms with E-state index in [4.69, 9.17) is 4.98 Å². The molecule has 3 rings (SSSR count). The Morgan fingerprint density at radius 2 is 1.89 bits per heavy atom. The van der Waals surface area contributed by atoms with Crippen LogP contribution in [0.5, 0.6) is 0 Å². The van der Waals surface area contributed by atoms with E-state index in [0.717, 1.165) is 33.7 Å². The van der Waals surface area contributed by atoms with Crippen LogP contribution in [0.2, 0.25) is 0 Å². The molecule has 2 atom stereocenters. The molecule has 0 bridgehead atoms. The number of aromatic nitrogens is 2. The van der Waals surface area contributed by atoms with Gasteiger partial charge in [0.25, 0.3) is 5.56 Å². The fourth-order valence-corrected chi connectivity index (χ4v) is 6.03. The van der Waals surface area contributed by atoms with Crippen molar-refractivity contribution in [3.63, 3.8) is 0 Å². The van der Waals surface area contributed by atoms with Crippen LogP contribution in [0, 0.1) is 25.7 Å². The first-order valence-corrected chi connectivity index (χ1v) is 11.4. The predicted octanol–water partition coefficient (Wildman–Crippen LogP) is 4.25. The SMILES string of the molecule is Cc1sc2nc(SCC(=O)N3CC(C)CC(C)C3)n(C(C)C)c(=O)c2c1C. The van der Waals surface area contributed by atoms with Gasteiger partial charge in [0.15, 0.2) is 5.16 Å². The summed E-state index contributed by atoms with van der Waals surface area (Å²) in [4.78, 5) is 34.5. The Morgan fingerprint density at radius 1 is 1.26 bits per heavy atom. The number of thiophene rings is 1. The fraction of sp³-hybridized carbons (Fsp3) is 0.650. The first-order valence-electron chi connectivity index (χ1n) is 9.61. The lowest BCUT2D eigenvalue weighted by Gasteiger charge is -2.35. The molecule has 0 N–H and O–H groups in total. The smallest absolute Gasteiger partial charge is 0.263 e. The van der Waals surface area contributed by atoms with E-state index in [1.807, 2.05) is 32.6 Å². The molecular formula is C20H29N3O2S2. The lowest BCUT2D eigenvalue weighted by molar-refractivity contribution is -0.130. The number of fused-ring (bicyclic) bond motifs is 1. The number of nitrogens with zero attached hydrogens (tertiary/aromatic N) is 3. The van der Waals surface area contributed by atoms with Crippen LogP contribution in [0.15, 0.2) is 9.95 Å². The molecule has 7 heteroatoms. The molecule has 2 aromatic rings. The first-order chi connectivity index (χ1) is 12.7. The molecule has 5 nitrogen and oxygen atoms in total. The molecule has 1 fully saturated rings. The van der Waals surface area contributed by atoms with Gasteiger partial charge in [-0.3, -0.25) is 14.2 Å². The highest BCUT2D eigenvalue weighted by Gasteiger charge is 2.26. The Kier molecular flexibility index (Phi) is 6.01. The Morgan fingerprint density at radius 3 is 2.48 bits per heavy atom. The normalized spacial score (nSPS) is 20.6. The molecule has 0 radical (unpaired) electrons. The van der Waals surface area contributed by atoms with Crippen molar-refractivity contribution in [1.29, 1.82) is 0 Å². The minimum atomic E-state index is 0.00152. The van der Waals surface area contributed by atoms with Crippen molar-refractivity contribution >= 4 is 39.2 Å². The lowest BCUT2D eigenvalue weighted by Crippen LogP contribution is -2.43. The molecule has 148 valence electrons. The topological polar surface area (TPSA) is 55.2 Å². The molecule has 0 saturated carbocycles. The molecule has 1 saturated heterocycles. The molecule has 3 heterocycles. The summed E-state index contributed by atoms with van der Waals surface area (Å²) in [5.74, 6) is 1.56. The summed E-state index contributed by atoms with van der Waals surface area (Å²) in [6.07, 6.45) is 1.18.